The molecule has 1 aromatic rings. The summed E-state index contributed by atoms with van der Waals surface area (Å²) in [5.74, 6) is -6.16. The molecule has 0 radical (unpaired) electrons. The van der Waals surface area contributed by atoms with Gasteiger partial charge in [0.1, 0.15) is 6.04 Å². The average Bonchev–Trinajstić information content (AvgIpc) is 2.38. The number of hydrogen-bond acceptors (Lipinski definition) is 4. The molecule has 0 saturated carbocycles. The molecule has 1 atom stereocenters. The number of amides is 1. The Morgan fingerprint density at radius 3 is 2.19 bits per heavy atom. The van der Waals surface area contributed by atoms with Gasteiger partial charge >= 0.3 is 11.7 Å². The number of aliphatic carboxylic acids is 1. The van der Waals surface area contributed by atoms with Gasteiger partial charge in [0, 0.05) is 5.56 Å². The third-order valence-corrected chi connectivity index (χ3v) is 3.85. The Balaban J connectivity index is 2.79. The summed E-state index contributed by atoms with van der Waals surface area (Å²) in [5.41, 5.74) is 0.208. The molecule has 6 nitrogen and oxygen atoms in total. The predicted octanol–water partition coefficient (Wildman–Crippen LogP) is 1.03. The number of alkyl halides is 2. The van der Waals surface area contributed by atoms with E-state index >= 15 is 0 Å². The van der Waals surface area contributed by atoms with E-state index in [1.165, 1.54) is 31.2 Å². The van der Waals surface area contributed by atoms with Gasteiger partial charge in [-0.05, 0) is 24.6 Å². The number of rotatable bonds is 6. The molecular weight excluding hydrogens is 308 g/mol. The van der Waals surface area contributed by atoms with Crippen molar-refractivity contribution in [2.75, 3.05) is 0 Å². The van der Waals surface area contributed by atoms with Gasteiger partial charge in [0.05, 0.1) is 5.75 Å². The van der Waals surface area contributed by atoms with Crippen molar-refractivity contribution in [1.29, 1.82) is 0 Å². The summed E-state index contributed by atoms with van der Waals surface area (Å²) >= 11 is 0. The van der Waals surface area contributed by atoms with Gasteiger partial charge in [-0.25, -0.2) is 8.42 Å². The van der Waals surface area contributed by atoms with Crippen molar-refractivity contribution < 1.29 is 31.9 Å². The predicted molar refractivity (Wildman–Crippen MR) is 69.6 cm³/mol. The van der Waals surface area contributed by atoms with E-state index in [2.05, 4.69) is 5.32 Å². The van der Waals surface area contributed by atoms with Gasteiger partial charge in [0.15, 0.2) is 0 Å². The van der Waals surface area contributed by atoms with Gasteiger partial charge in [-0.15, -0.1) is 0 Å². The number of benzene rings is 1. The molecule has 0 unspecified atom stereocenters. The summed E-state index contributed by atoms with van der Waals surface area (Å²) in [7, 11) is -4.53. The molecule has 116 valence electrons. The van der Waals surface area contributed by atoms with Gasteiger partial charge in [0.2, 0.25) is 9.84 Å². The number of sulfone groups is 1. The van der Waals surface area contributed by atoms with Gasteiger partial charge in [-0.1, -0.05) is 12.1 Å². The maximum Gasteiger partial charge on any atom is 0.337 e. The van der Waals surface area contributed by atoms with Crippen LogP contribution in [0.15, 0.2) is 24.3 Å². The van der Waals surface area contributed by atoms with Crippen molar-refractivity contribution in [3.8, 4) is 0 Å². The maximum atomic E-state index is 12.2. The molecule has 0 aliphatic rings. The van der Waals surface area contributed by atoms with E-state index in [0.29, 0.717) is 0 Å². The van der Waals surface area contributed by atoms with Crippen molar-refractivity contribution in [1.82, 2.24) is 5.32 Å². The minimum Gasteiger partial charge on any atom is -0.480 e. The molecule has 0 aromatic heterocycles. The zero-order valence-electron chi connectivity index (χ0n) is 10.9. The molecule has 0 aliphatic heterocycles. The lowest BCUT2D eigenvalue weighted by Crippen LogP contribution is -2.38. The fraction of sp³-hybridized carbons (Fsp3) is 0.333. The van der Waals surface area contributed by atoms with Crippen molar-refractivity contribution in [3.63, 3.8) is 0 Å². The molecule has 21 heavy (non-hydrogen) atoms. The Morgan fingerprint density at radius 2 is 1.76 bits per heavy atom. The molecule has 0 heterocycles. The van der Waals surface area contributed by atoms with Crippen LogP contribution in [0.25, 0.3) is 0 Å². The second-order valence-corrected chi connectivity index (χ2v) is 6.27. The first-order chi connectivity index (χ1) is 9.63. The standard InChI is InChI=1S/C12H13F2NO5S/c1-7(11(17)18)15-10(16)9-4-2-8(3-5-9)6-21(19,20)12(13)14/h2-5,7,12H,6H2,1H3,(H,15,16)(H,17,18)/t7-/m0/s1. The van der Waals surface area contributed by atoms with E-state index in [0.717, 1.165) is 0 Å². The van der Waals surface area contributed by atoms with Crippen LogP contribution >= 0.6 is 0 Å². The Kier molecular flexibility index (Phi) is 5.36. The molecule has 1 amide bonds. The first kappa shape index (κ1) is 17.0. The SMILES string of the molecule is C[C@H](NC(=O)c1ccc(CS(=O)(=O)C(F)F)cc1)C(=O)O. The van der Waals surface area contributed by atoms with Gasteiger partial charge in [-0.2, -0.15) is 8.78 Å². The van der Waals surface area contributed by atoms with Gasteiger partial charge in [0.25, 0.3) is 5.91 Å². The molecule has 0 saturated heterocycles. The quantitative estimate of drug-likeness (QED) is 0.815. The Morgan fingerprint density at radius 1 is 1.24 bits per heavy atom. The van der Waals surface area contributed by atoms with E-state index in [1.807, 2.05) is 0 Å². The van der Waals surface area contributed by atoms with E-state index in [4.69, 9.17) is 5.11 Å². The van der Waals surface area contributed by atoms with Crippen LogP contribution in [-0.2, 0) is 20.4 Å². The van der Waals surface area contributed by atoms with E-state index < -0.39 is 39.3 Å². The number of nitrogens with one attached hydrogen (secondary N) is 1. The highest BCUT2D eigenvalue weighted by Gasteiger charge is 2.24. The minimum atomic E-state index is -4.53. The second-order valence-electron chi connectivity index (χ2n) is 4.30. The van der Waals surface area contributed by atoms with Crippen LogP contribution in [-0.4, -0.2) is 37.2 Å². The Hall–Kier alpha value is -2.03. The molecule has 0 aliphatic carbocycles. The zero-order chi connectivity index (χ0) is 16.2. The monoisotopic (exact) mass is 321 g/mol. The number of carbonyl (C=O) groups excluding carboxylic acids is 1. The van der Waals surface area contributed by atoms with Crippen LogP contribution in [0.3, 0.4) is 0 Å². The topological polar surface area (TPSA) is 101 Å². The van der Waals surface area contributed by atoms with Crippen LogP contribution in [0, 0.1) is 0 Å². The third kappa shape index (κ3) is 4.78. The molecule has 0 bridgehead atoms. The van der Waals surface area contributed by atoms with Crippen molar-refractivity contribution in [3.05, 3.63) is 35.4 Å². The summed E-state index contributed by atoms with van der Waals surface area (Å²) in [4.78, 5) is 22.2. The summed E-state index contributed by atoms with van der Waals surface area (Å²) in [5, 5.41) is 10.9. The fourth-order valence-corrected chi connectivity index (χ4v) is 2.17. The Labute approximate surface area is 119 Å². The largest absolute Gasteiger partial charge is 0.480 e. The highest BCUT2D eigenvalue weighted by atomic mass is 32.2. The van der Waals surface area contributed by atoms with E-state index in [1.54, 1.807) is 0 Å². The van der Waals surface area contributed by atoms with Crippen LogP contribution in [0.1, 0.15) is 22.8 Å². The Bertz CT molecular complexity index is 628. The number of hydrogen-bond donors (Lipinski definition) is 2. The average molecular weight is 321 g/mol. The number of carbonyl (C=O) groups is 2. The lowest BCUT2D eigenvalue weighted by atomic mass is 10.1. The van der Waals surface area contributed by atoms with Crippen molar-refractivity contribution >= 4 is 21.7 Å². The second kappa shape index (κ2) is 6.61. The lowest BCUT2D eigenvalue weighted by molar-refractivity contribution is -0.138. The molecule has 0 spiro atoms. The van der Waals surface area contributed by atoms with Crippen molar-refractivity contribution in [2.24, 2.45) is 0 Å². The summed E-state index contributed by atoms with van der Waals surface area (Å²) in [6.07, 6.45) is 0. The zero-order valence-corrected chi connectivity index (χ0v) is 11.7. The summed E-state index contributed by atoms with van der Waals surface area (Å²) in [6.45, 7) is 1.28. The molecule has 1 rings (SSSR count). The number of carboxylic acids is 1. The van der Waals surface area contributed by atoms with Gasteiger partial charge < -0.3 is 10.4 Å². The van der Waals surface area contributed by atoms with Crippen LogP contribution < -0.4 is 5.32 Å². The summed E-state index contributed by atoms with van der Waals surface area (Å²) in [6, 6.07) is 3.83. The highest BCUT2D eigenvalue weighted by molar-refractivity contribution is 7.90. The van der Waals surface area contributed by atoms with Crippen LogP contribution in [0.2, 0.25) is 0 Å². The first-order valence-electron chi connectivity index (χ1n) is 5.76. The van der Waals surface area contributed by atoms with E-state index in [-0.39, 0.29) is 11.1 Å². The molecule has 9 heteroatoms. The number of carboxylic acid groups (broad SMARTS) is 1. The highest BCUT2D eigenvalue weighted by Crippen LogP contribution is 2.14. The van der Waals surface area contributed by atoms with Crippen LogP contribution in [0.5, 0.6) is 0 Å². The fourth-order valence-electron chi connectivity index (χ4n) is 1.39. The minimum absolute atomic E-state index is 0.0984. The molecular formula is C12H13F2NO5S. The molecule has 0 fully saturated rings. The smallest absolute Gasteiger partial charge is 0.337 e. The van der Waals surface area contributed by atoms with Crippen molar-refractivity contribution in [2.45, 2.75) is 24.5 Å². The third-order valence-electron chi connectivity index (χ3n) is 2.57. The van der Waals surface area contributed by atoms with Crippen LogP contribution in [0.4, 0.5) is 8.78 Å². The molecule has 1 aromatic carbocycles. The summed E-state index contributed by atoms with van der Waals surface area (Å²) < 4.78 is 46.5. The first-order valence-corrected chi connectivity index (χ1v) is 7.47. The number of halogens is 2. The van der Waals surface area contributed by atoms with Gasteiger partial charge in [-0.3, -0.25) is 9.59 Å². The maximum absolute atomic E-state index is 12.2. The van der Waals surface area contributed by atoms with E-state index in [9.17, 15) is 26.8 Å². The molecule has 2 N–H and O–H groups in total. The lowest BCUT2D eigenvalue weighted by Gasteiger charge is -2.09. The normalized spacial score (nSPS) is 13.0.